The van der Waals surface area contributed by atoms with Gasteiger partial charge in [0.2, 0.25) is 0 Å². The number of nitriles is 1. The molecular weight excluding hydrogens is 274 g/mol. The summed E-state index contributed by atoms with van der Waals surface area (Å²) in [4.78, 5) is 8.89. The van der Waals surface area contributed by atoms with Crippen molar-refractivity contribution in [3.8, 4) is 6.07 Å². The van der Waals surface area contributed by atoms with Gasteiger partial charge >= 0.3 is 0 Å². The van der Waals surface area contributed by atoms with Crippen molar-refractivity contribution in [1.29, 1.82) is 5.26 Å². The number of fused-ring (bicyclic) bond motifs is 1. The Kier molecular flexibility index (Phi) is 3.58. The second-order valence-electron chi connectivity index (χ2n) is 4.92. The van der Waals surface area contributed by atoms with Crippen LogP contribution in [-0.2, 0) is 6.42 Å². The van der Waals surface area contributed by atoms with E-state index in [4.69, 9.17) is 11.0 Å². The Balaban J connectivity index is 2.10. The van der Waals surface area contributed by atoms with Crippen LogP contribution in [0.4, 0.5) is 17.2 Å². The van der Waals surface area contributed by atoms with Crippen molar-refractivity contribution in [2.24, 2.45) is 0 Å². The Morgan fingerprint density at radius 2 is 2.14 bits per heavy atom. The lowest BCUT2D eigenvalue weighted by Crippen LogP contribution is -1.99. The summed E-state index contributed by atoms with van der Waals surface area (Å²) in [5, 5.41) is 13.1. The Morgan fingerprint density at radius 3 is 2.91 bits per heavy atom. The lowest BCUT2D eigenvalue weighted by molar-refractivity contribution is 1.06. The molecule has 22 heavy (non-hydrogen) atoms. The Morgan fingerprint density at radius 1 is 1.27 bits per heavy atom. The summed E-state index contributed by atoms with van der Waals surface area (Å²) in [7, 11) is 0. The van der Waals surface area contributed by atoms with Crippen LogP contribution in [0, 0.1) is 11.3 Å². The molecule has 0 spiro atoms. The minimum atomic E-state index is 0.555. The van der Waals surface area contributed by atoms with Crippen LogP contribution < -0.4 is 11.1 Å². The molecule has 0 aliphatic heterocycles. The molecule has 0 aliphatic rings. The van der Waals surface area contributed by atoms with Crippen LogP contribution in [-0.4, -0.2) is 9.97 Å². The van der Waals surface area contributed by atoms with E-state index in [1.807, 2.05) is 31.2 Å². The van der Waals surface area contributed by atoms with Gasteiger partial charge in [-0.25, -0.2) is 4.98 Å². The Hall–Kier alpha value is -3.13. The zero-order valence-electron chi connectivity index (χ0n) is 12.2. The Bertz CT molecular complexity index is 880. The predicted octanol–water partition coefficient (Wildman–Crippen LogP) is 3.39. The Labute approximate surface area is 128 Å². The molecule has 3 aromatic rings. The highest BCUT2D eigenvalue weighted by atomic mass is 15.0. The monoisotopic (exact) mass is 289 g/mol. The molecule has 0 saturated carbocycles. The molecule has 3 rings (SSSR count). The van der Waals surface area contributed by atoms with Crippen LogP contribution in [0.2, 0.25) is 0 Å². The van der Waals surface area contributed by atoms with Crippen molar-refractivity contribution < 1.29 is 0 Å². The first-order chi connectivity index (χ1) is 10.7. The van der Waals surface area contributed by atoms with Crippen molar-refractivity contribution in [2.75, 3.05) is 11.1 Å². The first-order valence-corrected chi connectivity index (χ1v) is 7.02. The topological polar surface area (TPSA) is 87.6 Å². The molecule has 108 valence electrons. The standard InChI is InChI=1S/C17H15N5/c1-2-12-9-14(19)13-4-3-5-15(17(13)21-12)22-16-8-11(10-18)6-7-20-16/h3-9H,2H2,1H3,(H2,19,21)(H,20,22). The summed E-state index contributed by atoms with van der Waals surface area (Å²) in [6.45, 7) is 2.04. The molecule has 5 nitrogen and oxygen atoms in total. The average molecular weight is 289 g/mol. The van der Waals surface area contributed by atoms with Crippen LogP contribution in [0.3, 0.4) is 0 Å². The molecule has 0 fully saturated rings. The number of anilines is 3. The maximum atomic E-state index is 8.97. The third-order valence-electron chi connectivity index (χ3n) is 3.44. The smallest absolute Gasteiger partial charge is 0.131 e. The normalized spacial score (nSPS) is 10.4. The first-order valence-electron chi connectivity index (χ1n) is 7.02. The number of aromatic nitrogens is 2. The number of hydrogen-bond acceptors (Lipinski definition) is 5. The molecule has 0 bridgehead atoms. The van der Waals surface area contributed by atoms with E-state index in [9.17, 15) is 0 Å². The molecule has 5 heteroatoms. The summed E-state index contributed by atoms with van der Waals surface area (Å²) in [5.74, 6) is 0.605. The molecule has 0 unspecified atom stereocenters. The van der Waals surface area contributed by atoms with Crippen molar-refractivity contribution >= 4 is 28.1 Å². The van der Waals surface area contributed by atoms with Crippen LogP contribution >= 0.6 is 0 Å². The number of nitrogens with two attached hydrogens (primary N) is 1. The van der Waals surface area contributed by atoms with Gasteiger partial charge in [-0.1, -0.05) is 19.1 Å². The van der Waals surface area contributed by atoms with E-state index in [1.54, 1.807) is 18.3 Å². The number of aryl methyl sites for hydroxylation is 1. The summed E-state index contributed by atoms with van der Waals surface area (Å²) in [5.41, 5.74) is 9.95. The molecule has 0 atom stereocenters. The quantitative estimate of drug-likeness (QED) is 0.771. The van der Waals surface area contributed by atoms with E-state index < -0.39 is 0 Å². The van der Waals surface area contributed by atoms with E-state index in [0.29, 0.717) is 17.1 Å². The SMILES string of the molecule is CCc1cc(N)c2cccc(Nc3cc(C#N)ccn3)c2n1. The summed E-state index contributed by atoms with van der Waals surface area (Å²) in [6.07, 6.45) is 2.42. The van der Waals surface area contributed by atoms with Gasteiger partial charge in [-0.15, -0.1) is 0 Å². The predicted molar refractivity (Wildman–Crippen MR) is 87.8 cm³/mol. The molecule has 0 saturated heterocycles. The molecule has 0 amide bonds. The summed E-state index contributed by atoms with van der Waals surface area (Å²) in [6, 6.07) is 13.2. The van der Waals surface area contributed by atoms with E-state index in [2.05, 4.69) is 21.4 Å². The minimum Gasteiger partial charge on any atom is -0.398 e. The number of nitrogens with zero attached hydrogens (tertiary/aromatic N) is 3. The van der Waals surface area contributed by atoms with Gasteiger partial charge < -0.3 is 11.1 Å². The molecular formula is C17H15N5. The van der Waals surface area contributed by atoms with Crippen molar-refractivity contribution in [1.82, 2.24) is 9.97 Å². The number of nitrogen functional groups attached to an aromatic ring is 1. The van der Waals surface area contributed by atoms with E-state index in [0.717, 1.165) is 28.7 Å². The summed E-state index contributed by atoms with van der Waals surface area (Å²) >= 11 is 0. The second-order valence-corrected chi connectivity index (χ2v) is 4.92. The highest BCUT2D eigenvalue weighted by molar-refractivity contribution is 5.98. The highest BCUT2D eigenvalue weighted by Crippen LogP contribution is 2.28. The third-order valence-corrected chi connectivity index (χ3v) is 3.44. The molecule has 0 aliphatic carbocycles. The van der Waals surface area contributed by atoms with Gasteiger partial charge in [0.15, 0.2) is 0 Å². The van der Waals surface area contributed by atoms with Gasteiger partial charge in [0.25, 0.3) is 0 Å². The van der Waals surface area contributed by atoms with Crippen LogP contribution in [0.1, 0.15) is 18.2 Å². The molecule has 2 aromatic heterocycles. The lowest BCUT2D eigenvalue weighted by atomic mass is 10.1. The van der Waals surface area contributed by atoms with Crippen molar-refractivity contribution in [2.45, 2.75) is 13.3 Å². The number of pyridine rings is 2. The second kappa shape index (κ2) is 5.70. The van der Waals surface area contributed by atoms with E-state index >= 15 is 0 Å². The summed E-state index contributed by atoms with van der Waals surface area (Å²) < 4.78 is 0. The van der Waals surface area contributed by atoms with E-state index in [-0.39, 0.29) is 0 Å². The number of para-hydroxylation sites is 1. The van der Waals surface area contributed by atoms with Gasteiger partial charge in [0.05, 0.1) is 22.8 Å². The fourth-order valence-electron chi connectivity index (χ4n) is 2.32. The number of rotatable bonds is 3. The molecule has 3 N–H and O–H groups in total. The fourth-order valence-corrected chi connectivity index (χ4v) is 2.32. The van der Waals surface area contributed by atoms with Gasteiger partial charge in [-0.3, -0.25) is 4.98 Å². The van der Waals surface area contributed by atoms with Gasteiger partial charge in [-0.2, -0.15) is 5.26 Å². The van der Waals surface area contributed by atoms with Gasteiger partial charge in [-0.05, 0) is 30.7 Å². The molecule has 2 heterocycles. The maximum Gasteiger partial charge on any atom is 0.131 e. The minimum absolute atomic E-state index is 0.555. The lowest BCUT2D eigenvalue weighted by Gasteiger charge is -2.11. The first kappa shape index (κ1) is 13.8. The van der Waals surface area contributed by atoms with Crippen LogP contribution in [0.15, 0.2) is 42.6 Å². The fraction of sp³-hybridized carbons (Fsp3) is 0.118. The zero-order chi connectivity index (χ0) is 15.5. The largest absolute Gasteiger partial charge is 0.398 e. The number of nitrogens with one attached hydrogen (secondary N) is 1. The zero-order valence-corrected chi connectivity index (χ0v) is 12.2. The highest BCUT2D eigenvalue weighted by Gasteiger charge is 2.08. The number of hydrogen-bond donors (Lipinski definition) is 2. The third kappa shape index (κ3) is 2.54. The van der Waals surface area contributed by atoms with E-state index in [1.165, 1.54) is 0 Å². The average Bonchev–Trinajstić information content (AvgIpc) is 2.55. The van der Waals surface area contributed by atoms with Gasteiger partial charge in [0.1, 0.15) is 5.82 Å². The van der Waals surface area contributed by atoms with Crippen LogP contribution in [0.25, 0.3) is 10.9 Å². The van der Waals surface area contributed by atoms with Crippen LogP contribution in [0.5, 0.6) is 0 Å². The molecule has 1 aromatic carbocycles. The van der Waals surface area contributed by atoms with Gasteiger partial charge in [0, 0.05) is 23.0 Å². The molecule has 0 radical (unpaired) electrons. The van der Waals surface area contributed by atoms with Crippen molar-refractivity contribution in [3.05, 3.63) is 53.9 Å². The number of benzene rings is 1. The van der Waals surface area contributed by atoms with Crippen molar-refractivity contribution in [3.63, 3.8) is 0 Å². The maximum absolute atomic E-state index is 8.97.